The number of carbonyl (C=O) groups is 1. The molecule has 0 aliphatic rings. The van der Waals surface area contributed by atoms with Crippen LogP contribution in [0.5, 0.6) is 5.75 Å². The quantitative estimate of drug-likeness (QED) is 0.778. The maximum Gasteiger partial charge on any atom is 0.189 e. The molecule has 0 saturated carbocycles. The van der Waals surface area contributed by atoms with E-state index >= 15 is 0 Å². The fourth-order valence-electron chi connectivity index (χ4n) is 1.10. The second kappa shape index (κ2) is 4.80. The molecule has 0 bridgehead atoms. The number of carbonyl (C=O) groups excluding carboxylic acids is 1. The van der Waals surface area contributed by atoms with Crippen LogP contribution in [0.15, 0.2) is 24.3 Å². The first-order valence-electron chi connectivity index (χ1n) is 5.10. The molecule has 0 radical (unpaired) electrons. The first-order chi connectivity index (χ1) is 7.47. The topological polar surface area (TPSA) is 50.1 Å². The Labute approximate surface area is 95.7 Å². The van der Waals surface area contributed by atoms with Gasteiger partial charge in [0, 0.05) is 0 Å². The molecule has 0 spiro atoms. The summed E-state index contributed by atoms with van der Waals surface area (Å²) < 4.78 is 5.39. The van der Waals surface area contributed by atoms with E-state index in [4.69, 9.17) is 10.00 Å². The van der Waals surface area contributed by atoms with Gasteiger partial charge in [0.05, 0.1) is 6.07 Å². The van der Waals surface area contributed by atoms with Crippen LogP contribution in [0.25, 0.3) is 0 Å². The summed E-state index contributed by atoms with van der Waals surface area (Å²) in [5.74, 6) is 0.475. The fraction of sp³-hybridized carbons (Fsp3) is 0.385. The maximum atomic E-state index is 11.6. The molecule has 3 heteroatoms. The minimum absolute atomic E-state index is 0.0641. The lowest BCUT2D eigenvalue weighted by atomic mass is 9.90. The van der Waals surface area contributed by atoms with Gasteiger partial charge in [-0.1, -0.05) is 18.2 Å². The number of nitriles is 1. The number of aryl methyl sites for hydroxylation is 1. The van der Waals surface area contributed by atoms with Crippen molar-refractivity contribution in [3.63, 3.8) is 0 Å². The van der Waals surface area contributed by atoms with Crippen LogP contribution in [0, 0.1) is 23.7 Å². The Kier molecular flexibility index (Phi) is 3.68. The molecule has 0 heterocycles. The first-order valence-corrected chi connectivity index (χ1v) is 5.10. The number of rotatable bonds is 4. The third-order valence-corrected chi connectivity index (χ3v) is 2.43. The van der Waals surface area contributed by atoms with Gasteiger partial charge >= 0.3 is 0 Å². The van der Waals surface area contributed by atoms with E-state index in [9.17, 15) is 4.79 Å². The molecule has 16 heavy (non-hydrogen) atoms. The zero-order valence-corrected chi connectivity index (χ0v) is 9.78. The Hall–Kier alpha value is -1.82. The molecule has 1 aromatic carbocycles. The monoisotopic (exact) mass is 217 g/mol. The van der Waals surface area contributed by atoms with E-state index in [1.54, 1.807) is 13.8 Å². The Bertz CT molecular complexity index is 430. The highest BCUT2D eigenvalue weighted by Gasteiger charge is 2.27. The van der Waals surface area contributed by atoms with Crippen molar-refractivity contribution in [3.05, 3.63) is 29.8 Å². The number of Topliss-reactive ketones (excluding diaryl/α,β-unsaturated/α-hetero) is 1. The summed E-state index contributed by atoms with van der Waals surface area (Å²) in [4.78, 5) is 11.6. The van der Waals surface area contributed by atoms with Gasteiger partial charge in [0.25, 0.3) is 0 Å². The van der Waals surface area contributed by atoms with Gasteiger partial charge in [0.2, 0.25) is 0 Å². The predicted octanol–water partition coefficient (Wildman–Crippen LogP) is 2.49. The van der Waals surface area contributed by atoms with Crippen molar-refractivity contribution in [1.29, 1.82) is 5.26 Å². The third-order valence-electron chi connectivity index (χ3n) is 2.43. The summed E-state index contributed by atoms with van der Waals surface area (Å²) in [6, 6.07) is 9.44. The van der Waals surface area contributed by atoms with E-state index in [1.807, 2.05) is 37.3 Å². The number of hydrogen-bond donors (Lipinski definition) is 0. The normalized spacial score (nSPS) is 10.6. The van der Waals surface area contributed by atoms with Crippen molar-refractivity contribution < 1.29 is 9.53 Å². The summed E-state index contributed by atoms with van der Waals surface area (Å²) in [5, 5.41) is 8.79. The van der Waals surface area contributed by atoms with E-state index in [-0.39, 0.29) is 12.4 Å². The van der Waals surface area contributed by atoms with Crippen molar-refractivity contribution in [2.45, 2.75) is 20.8 Å². The Balaban J connectivity index is 2.64. The van der Waals surface area contributed by atoms with E-state index in [0.29, 0.717) is 5.75 Å². The molecule has 0 aliphatic carbocycles. The summed E-state index contributed by atoms with van der Waals surface area (Å²) in [5.41, 5.74) is -0.00654. The number of hydrogen-bond acceptors (Lipinski definition) is 3. The molecule has 0 fully saturated rings. The second-order valence-electron chi connectivity index (χ2n) is 4.21. The second-order valence-corrected chi connectivity index (χ2v) is 4.21. The molecule has 0 atom stereocenters. The van der Waals surface area contributed by atoms with Crippen LogP contribution < -0.4 is 4.74 Å². The van der Waals surface area contributed by atoms with Crippen molar-refractivity contribution in [1.82, 2.24) is 0 Å². The van der Waals surface area contributed by atoms with Gasteiger partial charge in [-0.2, -0.15) is 5.26 Å². The van der Waals surface area contributed by atoms with Crippen molar-refractivity contribution in [2.75, 3.05) is 6.61 Å². The van der Waals surface area contributed by atoms with Crippen molar-refractivity contribution in [2.24, 2.45) is 5.41 Å². The van der Waals surface area contributed by atoms with Crippen LogP contribution in [-0.2, 0) is 4.79 Å². The lowest BCUT2D eigenvalue weighted by molar-refractivity contribution is -0.126. The Morgan fingerprint density at radius 2 is 2.06 bits per heavy atom. The lowest BCUT2D eigenvalue weighted by Crippen LogP contribution is -2.27. The number of nitrogens with zero attached hydrogens (tertiary/aromatic N) is 1. The van der Waals surface area contributed by atoms with E-state index in [2.05, 4.69) is 0 Å². The molecule has 1 rings (SSSR count). The van der Waals surface area contributed by atoms with Gasteiger partial charge < -0.3 is 4.74 Å². The van der Waals surface area contributed by atoms with Gasteiger partial charge in [0.1, 0.15) is 17.8 Å². The number of ketones is 1. The van der Waals surface area contributed by atoms with Gasteiger partial charge in [-0.05, 0) is 32.4 Å². The van der Waals surface area contributed by atoms with Crippen molar-refractivity contribution in [3.8, 4) is 11.8 Å². The molecule has 0 unspecified atom stereocenters. The highest BCUT2D eigenvalue weighted by atomic mass is 16.5. The molecule has 0 aliphatic heterocycles. The first kappa shape index (κ1) is 12.3. The van der Waals surface area contributed by atoms with E-state index in [0.717, 1.165) is 5.56 Å². The smallest absolute Gasteiger partial charge is 0.189 e. The zero-order valence-electron chi connectivity index (χ0n) is 9.78. The zero-order chi connectivity index (χ0) is 12.2. The summed E-state index contributed by atoms with van der Waals surface area (Å²) in [6.07, 6.45) is 0. The standard InChI is InChI=1S/C13H15NO2/c1-10-6-4-5-7-11(10)16-8-12(15)13(2,3)9-14/h4-7H,8H2,1-3H3. The van der Waals surface area contributed by atoms with Crippen LogP contribution in [-0.4, -0.2) is 12.4 Å². The highest BCUT2D eigenvalue weighted by Crippen LogP contribution is 2.19. The average Bonchev–Trinajstić information content (AvgIpc) is 2.27. The van der Waals surface area contributed by atoms with Crippen LogP contribution >= 0.6 is 0 Å². The number of benzene rings is 1. The molecular weight excluding hydrogens is 202 g/mol. The highest BCUT2D eigenvalue weighted by molar-refractivity contribution is 5.87. The molecular formula is C13H15NO2. The molecule has 0 N–H and O–H groups in total. The lowest BCUT2D eigenvalue weighted by Gasteiger charge is -2.14. The predicted molar refractivity (Wildman–Crippen MR) is 61.1 cm³/mol. The van der Waals surface area contributed by atoms with Gasteiger partial charge in [-0.15, -0.1) is 0 Å². The van der Waals surface area contributed by atoms with Gasteiger partial charge in [-0.3, -0.25) is 4.79 Å². The molecule has 0 saturated heterocycles. The largest absolute Gasteiger partial charge is 0.486 e. The minimum atomic E-state index is -0.983. The Morgan fingerprint density at radius 1 is 1.44 bits per heavy atom. The fourth-order valence-corrected chi connectivity index (χ4v) is 1.10. The molecule has 0 aromatic heterocycles. The van der Waals surface area contributed by atoms with Crippen LogP contribution in [0.1, 0.15) is 19.4 Å². The Morgan fingerprint density at radius 3 is 2.62 bits per heavy atom. The SMILES string of the molecule is Cc1ccccc1OCC(=O)C(C)(C)C#N. The van der Waals surface area contributed by atoms with Crippen LogP contribution in [0.3, 0.4) is 0 Å². The van der Waals surface area contributed by atoms with Gasteiger partial charge in [0.15, 0.2) is 5.78 Å². The molecule has 3 nitrogen and oxygen atoms in total. The van der Waals surface area contributed by atoms with Crippen LogP contribution in [0.2, 0.25) is 0 Å². The maximum absolute atomic E-state index is 11.6. The molecule has 0 amide bonds. The summed E-state index contributed by atoms with van der Waals surface area (Å²) in [7, 11) is 0. The van der Waals surface area contributed by atoms with Crippen molar-refractivity contribution >= 4 is 5.78 Å². The van der Waals surface area contributed by atoms with E-state index in [1.165, 1.54) is 0 Å². The number of para-hydroxylation sites is 1. The molecule has 1 aromatic rings. The van der Waals surface area contributed by atoms with Crippen LogP contribution in [0.4, 0.5) is 0 Å². The van der Waals surface area contributed by atoms with Gasteiger partial charge in [-0.25, -0.2) is 0 Å². The number of ether oxygens (including phenoxy) is 1. The van der Waals surface area contributed by atoms with E-state index < -0.39 is 5.41 Å². The molecule has 84 valence electrons. The third kappa shape index (κ3) is 2.83. The summed E-state index contributed by atoms with van der Waals surface area (Å²) >= 11 is 0. The average molecular weight is 217 g/mol. The summed E-state index contributed by atoms with van der Waals surface area (Å²) in [6.45, 7) is 5.04. The minimum Gasteiger partial charge on any atom is -0.486 e.